The molecule has 2 rings (SSSR count). The standard InChI is InChI=1S/C18H27N5OS/c1-5-13-10-11-25-15(13)9-8-14(6-2)21-17-19-12(4)20-18(23-17)22-16(24)7-3/h10-11,14H,5-9H2,1-4H3,(H2,19,20,21,22,23,24). The first-order valence-corrected chi connectivity index (χ1v) is 9.77. The lowest BCUT2D eigenvalue weighted by atomic mass is 10.1. The first-order chi connectivity index (χ1) is 12.0. The molecule has 6 nitrogen and oxygen atoms in total. The minimum atomic E-state index is -0.103. The summed E-state index contributed by atoms with van der Waals surface area (Å²) in [5.41, 5.74) is 1.44. The van der Waals surface area contributed by atoms with Gasteiger partial charge in [-0.2, -0.15) is 15.0 Å². The van der Waals surface area contributed by atoms with E-state index in [1.54, 1.807) is 13.8 Å². The van der Waals surface area contributed by atoms with Gasteiger partial charge < -0.3 is 5.32 Å². The van der Waals surface area contributed by atoms with Crippen molar-refractivity contribution in [1.29, 1.82) is 0 Å². The predicted molar refractivity (Wildman–Crippen MR) is 103 cm³/mol. The van der Waals surface area contributed by atoms with Crippen molar-refractivity contribution in [3.05, 3.63) is 27.7 Å². The Bertz CT molecular complexity index is 701. The van der Waals surface area contributed by atoms with Crippen LogP contribution in [0.4, 0.5) is 11.9 Å². The molecule has 1 unspecified atom stereocenters. The van der Waals surface area contributed by atoms with E-state index in [2.05, 4.69) is 50.9 Å². The molecule has 0 aromatic carbocycles. The minimum absolute atomic E-state index is 0.103. The SMILES string of the molecule is CCC(=O)Nc1nc(C)nc(NC(CC)CCc2sccc2CC)n1. The van der Waals surface area contributed by atoms with Crippen molar-refractivity contribution in [2.24, 2.45) is 0 Å². The maximum absolute atomic E-state index is 11.5. The van der Waals surface area contributed by atoms with Crippen molar-refractivity contribution in [3.8, 4) is 0 Å². The third-order valence-electron chi connectivity index (χ3n) is 4.08. The van der Waals surface area contributed by atoms with Crippen LogP contribution in [0.25, 0.3) is 0 Å². The van der Waals surface area contributed by atoms with Crippen LogP contribution in [0.15, 0.2) is 11.4 Å². The van der Waals surface area contributed by atoms with Crippen molar-refractivity contribution in [2.45, 2.75) is 65.8 Å². The second kappa shape index (κ2) is 9.46. The number of carbonyl (C=O) groups excluding carboxylic acids is 1. The number of thiophene rings is 1. The zero-order valence-electron chi connectivity index (χ0n) is 15.4. The van der Waals surface area contributed by atoms with Crippen LogP contribution < -0.4 is 10.6 Å². The van der Waals surface area contributed by atoms with Gasteiger partial charge in [0.15, 0.2) is 0 Å². The van der Waals surface area contributed by atoms with Gasteiger partial charge in [-0.05, 0) is 49.6 Å². The number of hydrogen-bond acceptors (Lipinski definition) is 6. The Labute approximate surface area is 153 Å². The summed E-state index contributed by atoms with van der Waals surface area (Å²) in [5, 5.41) is 8.25. The molecule has 0 saturated carbocycles. The normalized spacial score (nSPS) is 12.0. The summed E-state index contributed by atoms with van der Waals surface area (Å²) < 4.78 is 0. The van der Waals surface area contributed by atoms with Crippen LogP contribution in [-0.2, 0) is 17.6 Å². The average Bonchev–Trinajstić information content (AvgIpc) is 3.05. The second-order valence-corrected chi connectivity index (χ2v) is 6.94. The third kappa shape index (κ3) is 5.77. The zero-order valence-corrected chi connectivity index (χ0v) is 16.2. The van der Waals surface area contributed by atoms with E-state index in [1.807, 2.05) is 11.3 Å². The van der Waals surface area contributed by atoms with Crippen LogP contribution in [0.2, 0.25) is 0 Å². The van der Waals surface area contributed by atoms with Gasteiger partial charge in [0.25, 0.3) is 0 Å². The molecule has 25 heavy (non-hydrogen) atoms. The van der Waals surface area contributed by atoms with Gasteiger partial charge in [-0.3, -0.25) is 10.1 Å². The Kier molecular flexibility index (Phi) is 7.31. The molecule has 1 amide bonds. The molecule has 0 fully saturated rings. The van der Waals surface area contributed by atoms with Crippen LogP contribution in [0.1, 0.15) is 56.3 Å². The molecule has 0 spiro atoms. The van der Waals surface area contributed by atoms with Gasteiger partial charge in [0.1, 0.15) is 5.82 Å². The molecule has 1 atom stereocenters. The van der Waals surface area contributed by atoms with E-state index in [0.29, 0.717) is 24.1 Å². The van der Waals surface area contributed by atoms with Gasteiger partial charge in [-0.1, -0.05) is 20.8 Å². The lowest BCUT2D eigenvalue weighted by Crippen LogP contribution is -2.22. The molecule has 2 aromatic heterocycles. The van der Waals surface area contributed by atoms with E-state index >= 15 is 0 Å². The maximum Gasteiger partial charge on any atom is 0.234 e. The number of rotatable bonds is 9. The average molecular weight is 362 g/mol. The minimum Gasteiger partial charge on any atom is -0.351 e. The first kappa shape index (κ1) is 19.3. The van der Waals surface area contributed by atoms with Gasteiger partial charge in [-0.25, -0.2) is 0 Å². The molecule has 2 heterocycles. The maximum atomic E-state index is 11.5. The summed E-state index contributed by atoms with van der Waals surface area (Å²) in [6.07, 6.45) is 4.53. The summed E-state index contributed by atoms with van der Waals surface area (Å²) in [7, 11) is 0. The molecule has 0 aliphatic heterocycles. The van der Waals surface area contributed by atoms with Gasteiger partial charge >= 0.3 is 0 Å². The number of anilines is 2. The van der Waals surface area contributed by atoms with Gasteiger partial charge in [-0.15, -0.1) is 11.3 Å². The van der Waals surface area contributed by atoms with E-state index in [4.69, 9.17) is 0 Å². The molecule has 0 aliphatic carbocycles. The van der Waals surface area contributed by atoms with Gasteiger partial charge in [0.05, 0.1) is 0 Å². The molecule has 136 valence electrons. The molecule has 0 aliphatic rings. The van der Waals surface area contributed by atoms with Crippen molar-refractivity contribution >= 4 is 29.1 Å². The quantitative estimate of drug-likeness (QED) is 0.706. The molecule has 0 radical (unpaired) electrons. The summed E-state index contributed by atoms with van der Waals surface area (Å²) >= 11 is 1.83. The van der Waals surface area contributed by atoms with Crippen LogP contribution in [0, 0.1) is 6.92 Å². The summed E-state index contributed by atoms with van der Waals surface area (Å²) in [5.74, 6) is 1.31. The molecule has 0 bridgehead atoms. The largest absolute Gasteiger partial charge is 0.351 e. The molecule has 2 N–H and O–H groups in total. The van der Waals surface area contributed by atoms with Gasteiger partial charge in [0, 0.05) is 17.3 Å². The van der Waals surface area contributed by atoms with Crippen LogP contribution in [0.3, 0.4) is 0 Å². The van der Waals surface area contributed by atoms with E-state index in [-0.39, 0.29) is 11.9 Å². The van der Waals surface area contributed by atoms with Crippen LogP contribution in [0.5, 0.6) is 0 Å². The number of aromatic nitrogens is 3. The highest BCUT2D eigenvalue weighted by atomic mass is 32.1. The molecule has 0 saturated heterocycles. The van der Waals surface area contributed by atoms with E-state index in [1.165, 1.54) is 10.4 Å². The highest BCUT2D eigenvalue weighted by Gasteiger charge is 2.13. The highest BCUT2D eigenvalue weighted by Crippen LogP contribution is 2.21. The summed E-state index contributed by atoms with van der Waals surface area (Å²) in [6, 6.07) is 2.50. The van der Waals surface area contributed by atoms with Crippen LogP contribution >= 0.6 is 11.3 Å². The Morgan fingerprint density at radius 2 is 1.96 bits per heavy atom. The molecular formula is C18H27N5OS. The fourth-order valence-corrected chi connectivity index (χ4v) is 3.58. The fraction of sp³-hybridized carbons (Fsp3) is 0.556. The fourth-order valence-electron chi connectivity index (χ4n) is 2.58. The number of hydrogen-bond donors (Lipinski definition) is 2. The zero-order chi connectivity index (χ0) is 18.2. The predicted octanol–water partition coefficient (Wildman–Crippen LogP) is 3.98. The topological polar surface area (TPSA) is 79.8 Å². The Morgan fingerprint density at radius 3 is 2.64 bits per heavy atom. The van der Waals surface area contributed by atoms with Crippen LogP contribution in [-0.4, -0.2) is 26.9 Å². The van der Waals surface area contributed by atoms with Crippen molar-refractivity contribution in [2.75, 3.05) is 10.6 Å². The lowest BCUT2D eigenvalue weighted by Gasteiger charge is -2.17. The lowest BCUT2D eigenvalue weighted by molar-refractivity contribution is -0.115. The summed E-state index contributed by atoms with van der Waals surface area (Å²) in [6.45, 7) is 7.95. The summed E-state index contributed by atoms with van der Waals surface area (Å²) in [4.78, 5) is 25.9. The molecule has 2 aromatic rings. The monoisotopic (exact) mass is 361 g/mol. The number of carbonyl (C=O) groups is 1. The molecular weight excluding hydrogens is 334 g/mol. The van der Waals surface area contributed by atoms with Crippen molar-refractivity contribution < 1.29 is 4.79 Å². The van der Waals surface area contributed by atoms with E-state index in [0.717, 1.165) is 25.7 Å². The molecule has 7 heteroatoms. The smallest absolute Gasteiger partial charge is 0.234 e. The van der Waals surface area contributed by atoms with E-state index in [9.17, 15) is 4.79 Å². The van der Waals surface area contributed by atoms with Gasteiger partial charge in [0.2, 0.25) is 17.8 Å². The van der Waals surface area contributed by atoms with E-state index < -0.39 is 0 Å². The Morgan fingerprint density at radius 1 is 1.20 bits per heavy atom. The third-order valence-corrected chi connectivity index (χ3v) is 5.11. The highest BCUT2D eigenvalue weighted by molar-refractivity contribution is 7.10. The number of nitrogens with one attached hydrogen (secondary N) is 2. The second-order valence-electron chi connectivity index (χ2n) is 5.94. The number of nitrogens with zero attached hydrogens (tertiary/aromatic N) is 3. The number of amides is 1. The first-order valence-electron chi connectivity index (χ1n) is 8.89. The van der Waals surface area contributed by atoms with Crippen molar-refractivity contribution in [3.63, 3.8) is 0 Å². The number of aryl methyl sites for hydroxylation is 3. The van der Waals surface area contributed by atoms with Crippen molar-refractivity contribution in [1.82, 2.24) is 15.0 Å². The Hall–Kier alpha value is -2.02. The Balaban J connectivity index is 2.01.